The molecule has 0 radical (unpaired) electrons. The van der Waals surface area contributed by atoms with Crippen molar-refractivity contribution >= 4 is 5.91 Å². The first-order valence-corrected chi connectivity index (χ1v) is 6.42. The highest BCUT2D eigenvalue weighted by molar-refractivity contribution is 5.99. The zero-order valence-corrected chi connectivity index (χ0v) is 11.9. The van der Waals surface area contributed by atoms with Gasteiger partial charge in [-0.2, -0.15) is 0 Å². The van der Waals surface area contributed by atoms with Crippen LogP contribution in [0.2, 0.25) is 0 Å². The molecule has 5 nitrogen and oxygen atoms in total. The Morgan fingerprint density at radius 2 is 1.76 bits per heavy atom. The third-order valence-corrected chi connectivity index (χ3v) is 3.13. The average Bonchev–Trinajstić information content (AvgIpc) is 2.47. The number of aromatic hydroxyl groups is 2. The molecule has 1 amide bonds. The molecule has 2 rings (SSSR count). The molecule has 0 aliphatic carbocycles. The van der Waals surface area contributed by atoms with Crippen molar-refractivity contribution in [1.29, 1.82) is 0 Å². The first-order chi connectivity index (χ1) is 10.0. The van der Waals surface area contributed by atoms with E-state index in [2.05, 4.69) is 0 Å². The fourth-order valence-corrected chi connectivity index (χ4v) is 2.05. The van der Waals surface area contributed by atoms with Gasteiger partial charge in [-0.05, 0) is 29.8 Å². The standard InChI is InChI=1S/C16H17NO4/c1-17(10-11-5-3-6-12(9-11)21-2)16(20)15-13(18)7-4-8-14(15)19/h3-9,18-19H,10H2,1-2H3. The largest absolute Gasteiger partial charge is 0.507 e. The topological polar surface area (TPSA) is 70.0 Å². The molecule has 2 aromatic carbocycles. The molecule has 0 fully saturated rings. The highest BCUT2D eigenvalue weighted by atomic mass is 16.5. The molecule has 2 N–H and O–H groups in total. The number of hydrogen-bond donors (Lipinski definition) is 2. The van der Waals surface area contributed by atoms with Crippen LogP contribution in [0.25, 0.3) is 0 Å². The second kappa shape index (κ2) is 6.17. The van der Waals surface area contributed by atoms with Crippen molar-refractivity contribution in [2.75, 3.05) is 14.2 Å². The Morgan fingerprint density at radius 3 is 2.38 bits per heavy atom. The smallest absolute Gasteiger partial charge is 0.261 e. The van der Waals surface area contributed by atoms with E-state index < -0.39 is 5.91 Å². The second-order valence-corrected chi connectivity index (χ2v) is 4.68. The Labute approximate surface area is 123 Å². The Morgan fingerprint density at radius 1 is 1.14 bits per heavy atom. The second-order valence-electron chi connectivity index (χ2n) is 4.68. The van der Waals surface area contributed by atoms with Gasteiger partial charge in [-0.15, -0.1) is 0 Å². The van der Waals surface area contributed by atoms with Crippen LogP contribution in [-0.4, -0.2) is 35.2 Å². The van der Waals surface area contributed by atoms with Gasteiger partial charge in [-0.1, -0.05) is 18.2 Å². The van der Waals surface area contributed by atoms with Crippen LogP contribution in [-0.2, 0) is 6.54 Å². The fourth-order valence-electron chi connectivity index (χ4n) is 2.05. The summed E-state index contributed by atoms with van der Waals surface area (Å²) >= 11 is 0. The van der Waals surface area contributed by atoms with E-state index in [1.165, 1.54) is 23.1 Å². The summed E-state index contributed by atoms with van der Waals surface area (Å²) in [7, 11) is 3.18. The SMILES string of the molecule is COc1cccc(CN(C)C(=O)c2c(O)cccc2O)c1. The molecule has 0 heterocycles. The fraction of sp³-hybridized carbons (Fsp3) is 0.188. The number of hydrogen-bond acceptors (Lipinski definition) is 4. The van der Waals surface area contributed by atoms with Gasteiger partial charge in [-0.3, -0.25) is 4.79 Å². The quantitative estimate of drug-likeness (QED) is 0.905. The molecule has 0 bridgehead atoms. The number of benzene rings is 2. The number of methoxy groups -OCH3 is 1. The van der Waals surface area contributed by atoms with Crippen LogP contribution in [0.15, 0.2) is 42.5 Å². The first-order valence-electron chi connectivity index (χ1n) is 6.42. The van der Waals surface area contributed by atoms with Crippen LogP contribution in [0.3, 0.4) is 0 Å². The average molecular weight is 287 g/mol. The number of carbonyl (C=O) groups excluding carboxylic acids is 1. The van der Waals surface area contributed by atoms with Crippen molar-refractivity contribution in [2.24, 2.45) is 0 Å². The maximum atomic E-state index is 12.3. The van der Waals surface area contributed by atoms with Crippen LogP contribution >= 0.6 is 0 Å². The Hall–Kier alpha value is -2.69. The molecule has 5 heteroatoms. The number of nitrogens with zero attached hydrogens (tertiary/aromatic N) is 1. The van der Waals surface area contributed by atoms with Gasteiger partial charge in [0.25, 0.3) is 5.91 Å². The zero-order valence-electron chi connectivity index (χ0n) is 11.9. The number of rotatable bonds is 4. The van der Waals surface area contributed by atoms with E-state index in [0.717, 1.165) is 5.56 Å². The molecule has 0 saturated carbocycles. The minimum atomic E-state index is -0.451. The Balaban J connectivity index is 2.19. The van der Waals surface area contributed by atoms with Crippen molar-refractivity contribution in [1.82, 2.24) is 4.90 Å². The summed E-state index contributed by atoms with van der Waals surface area (Å²) in [6.07, 6.45) is 0. The van der Waals surface area contributed by atoms with Gasteiger partial charge >= 0.3 is 0 Å². The highest BCUT2D eigenvalue weighted by Gasteiger charge is 2.20. The molecular weight excluding hydrogens is 270 g/mol. The molecule has 0 aromatic heterocycles. The van der Waals surface area contributed by atoms with Crippen LogP contribution in [0.1, 0.15) is 15.9 Å². The lowest BCUT2D eigenvalue weighted by Crippen LogP contribution is -2.26. The molecular formula is C16H17NO4. The molecule has 21 heavy (non-hydrogen) atoms. The lowest BCUT2D eigenvalue weighted by Gasteiger charge is -2.19. The Bertz CT molecular complexity index is 634. The van der Waals surface area contributed by atoms with E-state index in [9.17, 15) is 15.0 Å². The number of amides is 1. The molecule has 2 aromatic rings. The molecule has 0 saturated heterocycles. The summed E-state index contributed by atoms with van der Waals surface area (Å²) in [6, 6.07) is 11.6. The lowest BCUT2D eigenvalue weighted by atomic mass is 10.1. The van der Waals surface area contributed by atoms with E-state index in [-0.39, 0.29) is 17.1 Å². The van der Waals surface area contributed by atoms with E-state index >= 15 is 0 Å². The van der Waals surface area contributed by atoms with Gasteiger partial charge < -0.3 is 19.8 Å². The molecule has 0 aliphatic rings. The Kier molecular flexibility index (Phi) is 4.33. The highest BCUT2D eigenvalue weighted by Crippen LogP contribution is 2.27. The van der Waals surface area contributed by atoms with Crippen LogP contribution in [0.4, 0.5) is 0 Å². The number of carbonyl (C=O) groups is 1. The zero-order chi connectivity index (χ0) is 15.4. The maximum absolute atomic E-state index is 12.3. The van der Waals surface area contributed by atoms with E-state index in [4.69, 9.17) is 4.74 Å². The molecule has 0 atom stereocenters. The normalized spacial score (nSPS) is 10.2. The maximum Gasteiger partial charge on any atom is 0.261 e. The van der Waals surface area contributed by atoms with E-state index in [1.807, 2.05) is 24.3 Å². The van der Waals surface area contributed by atoms with Gasteiger partial charge in [0.1, 0.15) is 22.8 Å². The predicted octanol–water partition coefficient (Wildman–Crippen LogP) is 2.38. The lowest BCUT2D eigenvalue weighted by molar-refractivity contribution is 0.0778. The number of phenolic OH excluding ortho intramolecular Hbond substituents is 2. The number of ether oxygens (including phenoxy) is 1. The van der Waals surface area contributed by atoms with Crippen molar-refractivity contribution < 1.29 is 19.7 Å². The summed E-state index contributed by atoms with van der Waals surface area (Å²) in [5.74, 6) is -0.220. The van der Waals surface area contributed by atoms with Crippen LogP contribution in [0.5, 0.6) is 17.2 Å². The predicted molar refractivity (Wildman–Crippen MR) is 78.6 cm³/mol. The third-order valence-electron chi connectivity index (χ3n) is 3.13. The van der Waals surface area contributed by atoms with Crippen molar-refractivity contribution in [2.45, 2.75) is 6.54 Å². The van der Waals surface area contributed by atoms with Gasteiger partial charge in [0.05, 0.1) is 7.11 Å². The van der Waals surface area contributed by atoms with Crippen LogP contribution < -0.4 is 4.74 Å². The summed E-state index contributed by atoms with van der Waals surface area (Å²) in [4.78, 5) is 13.7. The summed E-state index contributed by atoms with van der Waals surface area (Å²) in [5, 5.41) is 19.5. The number of phenols is 2. The van der Waals surface area contributed by atoms with Gasteiger partial charge in [0.2, 0.25) is 0 Å². The molecule has 110 valence electrons. The van der Waals surface area contributed by atoms with E-state index in [0.29, 0.717) is 12.3 Å². The van der Waals surface area contributed by atoms with Crippen molar-refractivity contribution in [3.8, 4) is 17.2 Å². The van der Waals surface area contributed by atoms with Crippen molar-refractivity contribution in [3.63, 3.8) is 0 Å². The molecule has 0 aliphatic heterocycles. The van der Waals surface area contributed by atoms with Crippen LogP contribution in [0, 0.1) is 0 Å². The summed E-state index contributed by atoms with van der Waals surface area (Å²) < 4.78 is 5.14. The monoisotopic (exact) mass is 287 g/mol. The minimum absolute atomic E-state index is 0.0945. The van der Waals surface area contributed by atoms with Crippen molar-refractivity contribution in [3.05, 3.63) is 53.6 Å². The summed E-state index contributed by atoms with van der Waals surface area (Å²) in [6.45, 7) is 0.337. The van der Waals surface area contributed by atoms with Gasteiger partial charge in [0, 0.05) is 13.6 Å². The minimum Gasteiger partial charge on any atom is -0.507 e. The molecule has 0 spiro atoms. The third kappa shape index (κ3) is 3.25. The van der Waals surface area contributed by atoms with Gasteiger partial charge in [0.15, 0.2) is 0 Å². The summed E-state index contributed by atoms with van der Waals surface area (Å²) in [5.41, 5.74) is 0.794. The van der Waals surface area contributed by atoms with E-state index in [1.54, 1.807) is 14.2 Å². The first kappa shape index (κ1) is 14.7. The van der Waals surface area contributed by atoms with Gasteiger partial charge in [-0.25, -0.2) is 0 Å². The molecule has 0 unspecified atom stereocenters.